The molecule has 0 spiro atoms. The van der Waals surface area contributed by atoms with Gasteiger partial charge >= 0.3 is 0 Å². The molecular formula is C18H17NO. The summed E-state index contributed by atoms with van der Waals surface area (Å²) in [4.78, 5) is 12.1. The average molecular weight is 263 g/mol. The minimum Gasteiger partial charge on any atom is -0.348 e. The Morgan fingerprint density at radius 1 is 1.00 bits per heavy atom. The first-order chi connectivity index (χ1) is 9.74. The molecule has 0 fully saturated rings. The first-order valence-corrected chi connectivity index (χ1v) is 6.86. The van der Waals surface area contributed by atoms with Crippen molar-refractivity contribution >= 4 is 16.6 Å². The first-order valence-electron chi connectivity index (χ1n) is 6.86. The molecule has 2 heteroatoms. The molecular weight excluding hydrogens is 246 g/mol. The summed E-state index contributed by atoms with van der Waals surface area (Å²) in [6, 6.07) is 18.5. The summed E-state index contributed by atoms with van der Waals surface area (Å²) in [5.41, 5.74) is 2.00. The van der Waals surface area contributed by atoms with Crippen molar-refractivity contribution in [3.05, 3.63) is 72.1 Å². The molecule has 0 atom stereocenters. The van der Waals surface area contributed by atoms with Crippen LogP contribution in [0.5, 0.6) is 0 Å². The van der Waals surface area contributed by atoms with Crippen LogP contribution in [0.15, 0.2) is 60.8 Å². The van der Waals surface area contributed by atoms with Crippen LogP contribution in [0.1, 0.15) is 22.5 Å². The third kappa shape index (κ3) is 2.50. The van der Waals surface area contributed by atoms with Crippen LogP contribution in [0.25, 0.3) is 10.8 Å². The second-order valence-electron chi connectivity index (χ2n) is 5.11. The number of hydrogen-bond donors (Lipinski definition) is 0. The number of rotatable bonds is 4. The van der Waals surface area contributed by atoms with Crippen molar-refractivity contribution in [3.8, 4) is 0 Å². The number of carbonyl (C=O) groups excluding carboxylic acids is 1. The van der Waals surface area contributed by atoms with Gasteiger partial charge in [-0.2, -0.15) is 0 Å². The van der Waals surface area contributed by atoms with E-state index in [2.05, 4.69) is 30.3 Å². The average Bonchev–Trinajstić information content (AvgIpc) is 2.91. The van der Waals surface area contributed by atoms with Crippen LogP contribution in [-0.4, -0.2) is 10.4 Å². The Bertz CT molecular complexity index is 755. The highest BCUT2D eigenvalue weighted by Gasteiger charge is 2.09. The van der Waals surface area contributed by atoms with Crippen LogP contribution in [0.2, 0.25) is 0 Å². The summed E-state index contributed by atoms with van der Waals surface area (Å²) in [5.74, 6) is 0.200. The van der Waals surface area contributed by atoms with Crippen LogP contribution in [0.3, 0.4) is 0 Å². The monoisotopic (exact) mass is 263 g/mol. The van der Waals surface area contributed by atoms with Crippen molar-refractivity contribution in [3.63, 3.8) is 0 Å². The molecule has 0 saturated carbocycles. The molecule has 3 aromatic rings. The van der Waals surface area contributed by atoms with Crippen LogP contribution < -0.4 is 0 Å². The van der Waals surface area contributed by atoms with Gasteiger partial charge in [0.25, 0.3) is 0 Å². The number of hydrogen-bond acceptors (Lipinski definition) is 1. The molecule has 0 amide bonds. The summed E-state index contributed by atoms with van der Waals surface area (Å²) in [6.07, 6.45) is 3.24. The molecule has 0 aliphatic rings. The van der Waals surface area contributed by atoms with Crippen molar-refractivity contribution < 1.29 is 4.79 Å². The highest BCUT2D eigenvalue weighted by atomic mass is 16.1. The molecule has 0 radical (unpaired) electrons. The standard InChI is InChI=1S/C18H17NO/c1-19-12-4-7-17(19)18(20)11-9-14-8-10-15-5-2-3-6-16(15)13-14/h2-8,10,12-13H,9,11H2,1H3. The topological polar surface area (TPSA) is 22.0 Å². The van der Waals surface area contributed by atoms with Crippen LogP contribution in [0.4, 0.5) is 0 Å². The highest BCUT2D eigenvalue weighted by molar-refractivity contribution is 5.94. The lowest BCUT2D eigenvalue weighted by molar-refractivity contribution is 0.0975. The second-order valence-corrected chi connectivity index (χ2v) is 5.11. The maximum atomic E-state index is 12.1. The number of carbonyl (C=O) groups is 1. The van der Waals surface area contributed by atoms with Gasteiger partial charge in [-0.25, -0.2) is 0 Å². The SMILES string of the molecule is Cn1cccc1C(=O)CCc1ccc2ccccc2c1. The summed E-state index contributed by atoms with van der Waals surface area (Å²) in [5, 5.41) is 2.47. The van der Waals surface area contributed by atoms with E-state index in [0.717, 1.165) is 12.1 Å². The van der Waals surface area contributed by atoms with Gasteiger partial charge in [-0.15, -0.1) is 0 Å². The molecule has 0 bridgehead atoms. The maximum Gasteiger partial charge on any atom is 0.179 e. The fourth-order valence-corrected chi connectivity index (χ4v) is 2.53. The number of aromatic nitrogens is 1. The zero-order valence-corrected chi connectivity index (χ0v) is 11.5. The molecule has 100 valence electrons. The van der Waals surface area contributed by atoms with Gasteiger partial charge in [0.15, 0.2) is 5.78 Å². The molecule has 0 aliphatic carbocycles. The Balaban J connectivity index is 1.74. The number of nitrogens with zero attached hydrogens (tertiary/aromatic N) is 1. The number of Topliss-reactive ketones (excluding diaryl/α,β-unsaturated/α-hetero) is 1. The Hall–Kier alpha value is -2.35. The summed E-state index contributed by atoms with van der Waals surface area (Å²) < 4.78 is 1.88. The molecule has 0 unspecified atom stereocenters. The van der Waals surface area contributed by atoms with E-state index >= 15 is 0 Å². The lowest BCUT2D eigenvalue weighted by Gasteiger charge is -2.05. The van der Waals surface area contributed by atoms with Gasteiger partial charge in [-0.05, 0) is 34.9 Å². The zero-order chi connectivity index (χ0) is 13.9. The third-order valence-corrected chi connectivity index (χ3v) is 3.68. The predicted molar refractivity (Wildman–Crippen MR) is 82.0 cm³/mol. The zero-order valence-electron chi connectivity index (χ0n) is 11.5. The van der Waals surface area contributed by atoms with E-state index in [-0.39, 0.29) is 5.78 Å². The van der Waals surface area contributed by atoms with Gasteiger partial charge in [0.05, 0.1) is 5.69 Å². The lowest BCUT2D eigenvalue weighted by atomic mass is 10.0. The summed E-state index contributed by atoms with van der Waals surface area (Å²) in [6.45, 7) is 0. The van der Waals surface area contributed by atoms with E-state index in [4.69, 9.17) is 0 Å². The van der Waals surface area contributed by atoms with Gasteiger partial charge in [0.1, 0.15) is 0 Å². The van der Waals surface area contributed by atoms with E-state index < -0.39 is 0 Å². The second kappa shape index (κ2) is 5.33. The first kappa shape index (κ1) is 12.7. The molecule has 2 aromatic carbocycles. The van der Waals surface area contributed by atoms with E-state index in [1.54, 1.807) is 0 Å². The fourth-order valence-electron chi connectivity index (χ4n) is 2.53. The molecule has 0 N–H and O–H groups in total. The van der Waals surface area contributed by atoms with Crippen molar-refractivity contribution in [2.75, 3.05) is 0 Å². The number of ketones is 1. The number of fused-ring (bicyclic) bond motifs is 1. The molecule has 3 rings (SSSR count). The van der Waals surface area contributed by atoms with Crippen LogP contribution in [-0.2, 0) is 13.5 Å². The van der Waals surface area contributed by atoms with E-state index in [1.165, 1.54) is 16.3 Å². The van der Waals surface area contributed by atoms with Crippen molar-refractivity contribution in [1.82, 2.24) is 4.57 Å². The quantitative estimate of drug-likeness (QED) is 0.652. The van der Waals surface area contributed by atoms with Crippen LogP contribution >= 0.6 is 0 Å². The number of benzene rings is 2. The highest BCUT2D eigenvalue weighted by Crippen LogP contribution is 2.17. The largest absolute Gasteiger partial charge is 0.348 e. The molecule has 0 saturated heterocycles. The van der Waals surface area contributed by atoms with E-state index in [0.29, 0.717) is 6.42 Å². The Morgan fingerprint density at radius 2 is 1.80 bits per heavy atom. The van der Waals surface area contributed by atoms with Crippen molar-refractivity contribution in [2.45, 2.75) is 12.8 Å². The number of aryl methyl sites for hydroxylation is 2. The molecule has 20 heavy (non-hydrogen) atoms. The fraction of sp³-hybridized carbons (Fsp3) is 0.167. The minimum atomic E-state index is 0.200. The Morgan fingerprint density at radius 3 is 2.55 bits per heavy atom. The Labute approximate surface area is 118 Å². The van der Waals surface area contributed by atoms with Gasteiger partial charge in [0, 0.05) is 19.7 Å². The molecule has 1 aromatic heterocycles. The van der Waals surface area contributed by atoms with Gasteiger partial charge in [-0.1, -0.05) is 42.5 Å². The normalized spacial score (nSPS) is 10.8. The third-order valence-electron chi connectivity index (χ3n) is 3.68. The van der Waals surface area contributed by atoms with Crippen molar-refractivity contribution in [2.24, 2.45) is 7.05 Å². The Kier molecular flexibility index (Phi) is 3.38. The predicted octanol–water partition coefficient (Wildman–Crippen LogP) is 3.99. The smallest absolute Gasteiger partial charge is 0.179 e. The van der Waals surface area contributed by atoms with Gasteiger partial charge in [-0.3, -0.25) is 4.79 Å². The lowest BCUT2D eigenvalue weighted by Crippen LogP contribution is -2.06. The molecule has 2 nitrogen and oxygen atoms in total. The minimum absolute atomic E-state index is 0.200. The maximum absolute atomic E-state index is 12.1. The van der Waals surface area contributed by atoms with Crippen LogP contribution in [0, 0.1) is 0 Å². The summed E-state index contributed by atoms with van der Waals surface area (Å²) in [7, 11) is 1.91. The molecule has 1 heterocycles. The summed E-state index contributed by atoms with van der Waals surface area (Å²) >= 11 is 0. The van der Waals surface area contributed by atoms with E-state index in [9.17, 15) is 4.79 Å². The van der Waals surface area contributed by atoms with Crippen molar-refractivity contribution in [1.29, 1.82) is 0 Å². The van der Waals surface area contributed by atoms with E-state index in [1.807, 2.05) is 42.1 Å². The molecule has 0 aliphatic heterocycles. The van der Waals surface area contributed by atoms with Gasteiger partial charge < -0.3 is 4.57 Å². The van der Waals surface area contributed by atoms with Gasteiger partial charge in [0.2, 0.25) is 0 Å².